The first-order chi connectivity index (χ1) is 7.47. The minimum Gasteiger partial charge on any atom is -1.00 e. The van der Waals surface area contributed by atoms with Crippen molar-refractivity contribution in [3.8, 4) is 5.75 Å². The molecule has 0 aliphatic heterocycles. The largest absolute Gasteiger partial charge is 1.00 e. The Morgan fingerprint density at radius 2 is 2.06 bits per heavy atom. The van der Waals surface area contributed by atoms with Crippen molar-refractivity contribution >= 4 is 15.8 Å². The van der Waals surface area contributed by atoms with Crippen LogP contribution in [0.2, 0.25) is 0 Å². The van der Waals surface area contributed by atoms with Crippen LogP contribution in [0.3, 0.4) is 0 Å². The smallest absolute Gasteiger partial charge is 1.00 e. The molecule has 92 valence electrons. The molecule has 0 fully saturated rings. The first-order valence-electron chi connectivity index (χ1n) is 4.91. The van der Waals surface area contributed by atoms with Crippen molar-refractivity contribution in [2.75, 3.05) is 18.1 Å². The minimum absolute atomic E-state index is 0. The molecule has 7 heteroatoms. The van der Waals surface area contributed by atoms with Crippen LogP contribution in [-0.4, -0.2) is 25.3 Å². The van der Waals surface area contributed by atoms with E-state index in [0.29, 0.717) is 30.9 Å². The zero-order valence-electron chi connectivity index (χ0n) is 10.8. The standard InChI is InChI=1S/C10H15NO4S.Na.H/c11-9-4-3-5-10(8-9)15-6-1-2-7-16(12,13)14;;/h3-5,8H,1-2,6-7,11H2,(H,12,13,14);;/q;+1;-1. The van der Waals surface area contributed by atoms with Crippen molar-refractivity contribution in [1.82, 2.24) is 0 Å². The van der Waals surface area contributed by atoms with Gasteiger partial charge in [0.2, 0.25) is 0 Å². The molecule has 0 heterocycles. The van der Waals surface area contributed by atoms with Gasteiger partial charge < -0.3 is 11.9 Å². The van der Waals surface area contributed by atoms with Gasteiger partial charge in [0.15, 0.2) is 0 Å². The Kier molecular flexibility index (Phi) is 7.82. The van der Waals surface area contributed by atoms with Crippen LogP contribution in [0.4, 0.5) is 5.69 Å². The summed E-state index contributed by atoms with van der Waals surface area (Å²) in [6, 6.07) is 7.01. The molecule has 0 unspecified atom stereocenters. The number of nitrogen functional groups attached to an aromatic ring is 1. The summed E-state index contributed by atoms with van der Waals surface area (Å²) in [6.45, 7) is 0.402. The quantitative estimate of drug-likeness (QED) is 0.282. The molecule has 17 heavy (non-hydrogen) atoms. The van der Waals surface area contributed by atoms with Crippen molar-refractivity contribution in [2.45, 2.75) is 12.8 Å². The molecular formula is C10H16NNaO4S. The first-order valence-corrected chi connectivity index (χ1v) is 6.52. The predicted octanol–water partition coefficient (Wildman–Crippen LogP) is -1.57. The average molecular weight is 269 g/mol. The number of anilines is 1. The van der Waals surface area contributed by atoms with E-state index in [9.17, 15) is 8.42 Å². The fourth-order valence-corrected chi connectivity index (χ4v) is 1.75. The number of ether oxygens (including phenoxy) is 1. The van der Waals surface area contributed by atoms with E-state index < -0.39 is 10.1 Å². The second-order valence-corrected chi connectivity index (χ2v) is 4.99. The van der Waals surface area contributed by atoms with E-state index >= 15 is 0 Å². The van der Waals surface area contributed by atoms with Crippen LogP contribution in [-0.2, 0) is 10.1 Å². The van der Waals surface area contributed by atoms with Gasteiger partial charge in [-0.15, -0.1) is 0 Å². The number of benzene rings is 1. The van der Waals surface area contributed by atoms with Crippen LogP contribution in [0.15, 0.2) is 24.3 Å². The number of hydrogen-bond donors (Lipinski definition) is 2. The maximum absolute atomic E-state index is 10.4. The molecule has 0 atom stereocenters. The zero-order valence-corrected chi connectivity index (χ0v) is 12.6. The van der Waals surface area contributed by atoms with Crippen molar-refractivity contribution in [2.24, 2.45) is 0 Å². The third-order valence-electron chi connectivity index (χ3n) is 1.92. The summed E-state index contributed by atoms with van der Waals surface area (Å²) in [7, 11) is -3.85. The van der Waals surface area contributed by atoms with E-state index in [0.717, 1.165) is 0 Å². The molecule has 1 aromatic rings. The normalized spacial score (nSPS) is 10.6. The summed E-state index contributed by atoms with van der Waals surface area (Å²) in [5.74, 6) is 0.430. The molecule has 1 aromatic carbocycles. The maximum Gasteiger partial charge on any atom is 1.00 e. The fraction of sp³-hybridized carbons (Fsp3) is 0.400. The van der Waals surface area contributed by atoms with Gasteiger partial charge in [-0.2, -0.15) is 8.42 Å². The van der Waals surface area contributed by atoms with E-state index in [4.69, 9.17) is 15.0 Å². The van der Waals surface area contributed by atoms with Crippen LogP contribution in [0.5, 0.6) is 5.75 Å². The van der Waals surface area contributed by atoms with Crippen LogP contribution < -0.4 is 40.0 Å². The van der Waals surface area contributed by atoms with Crippen LogP contribution >= 0.6 is 0 Å². The van der Waals surface area contributed by atoms with Crippen molar-refractivity contribution in [3.05, 3.63) is 24.3 Å². The summed E-state index contributed by atoms with van der Waals surface area (Å²) in [6.07, 6.45) is 0.940. The molecule has 0 radical (unpaired) electrons. The van der Waals surface area contributed by atoms with Gasteiger partial charge in [0.25, 0.3) is 10.1 Å². The topological polar surface area (TPSA) is 89.6 Å². The summed E-state index contributed by atoms with van der Waals surface area (Å²) >= 11 is 0. The molecule has 0 aliphatic carbocycles. The molecule has 0 saturated carbocycles. The Hall–Kier alpha value is -0.270. The predicted molar refractivity (Wildman–Crippen MR) is 63.1 cm³/mol. The van der Waals surface area contributed by atoms with Gasteiger partial charge in [-0.05, 0) is 25.0 Å². The first kappa shape index (κ1) is 16.7. The SMILES string of the molecule is Nc1cccc(OCCCCS(=O)(=O)O)c1.[H-].[Na+]. The average Bonchev–Trinajstić information content (AvgIpc) is 2.15. The van der Waals surface area contributed by atoms with Crippen molar-refractivity contribution in [3.63, 3.8) is 0 Å². The van der Waals surface area contributed by atoms with E-state index in [1.54, 1.807) is 24.3 Å². The molecule has 0 aliphatic rings. The Morgan fingerprint density at radius 1 is 1.35 bits per heavy atom. The fourth-order valence-electron chi connectivity index (χ4n) is 1.18. The molecule has 3 N–H and O–H groups in total. The number of unbranched alkanes of at least 4 members (excludes halogenated alkanes) is 1. The monoisotopic (exact) mass is 269 g/mol. The van der Waals surface area contributed by atoms with Gasteiger partial charge in [-0.1, -0.05) is 6.07 Å². The van der Waals surface area contributed by atoms with Crippen molar-refractivity contribution in [1.29, 1.82) is 0 Å². The van der Waals surface area contributed by atoms with Gasteiger partial charge >= 0.3 is 29.6 Å². The Labute approximate surface area is 125 Å². The van der Waals surface area contributed by atoms with E-state index in [1.165, 1.54) is 0 Å². The Morgan fingerprint density at radius 3 is 2.65 bits per heavy atom. The third kappa shape index (κ3) is 8.45. The van der Waals surface area contributed by atoms with Gasteiger partial charge in [0.05, 0.1) is 12.4 Å². The second-order valence-electron chi connectivity index (χ2n) is 3.41. The van der Waals surface area contributed by atoms with E-state index in [1.807, 2.05) is 0 Å². The summed E-state index contributed by atoms with van der Waals surface area (Å²) in [4.78, 5) is 0. The molecule has 0 spiro atoms. The van der Waals surface area contributed by atoms with Gasteiger partial charge in [-0.3, -0.25) is 4.55 Å². The minimum atomic E-state index is -3.85. The molecule has 0 amide bonds. The summed E-state index contributed by atoms with van der Waals surface area (Å²) in [5.41, 5.74) is 6.17. The zero-order chi connectivity index (χ0) is 12.0. The number of nitrogens with two attached hydrogens (primary N) is 1. The van der Waals surface area contributed by atoms with Crippen LogP contribution in [0.1, 0.15) is 14.3 Å². The molecule has 0 bridgehead atoms. The Bertz CT molecular complexity index is 441. The van der Waals surface area contributed by atoms with Gasteiger partial charge in [0, 0.05) is 11.8 Å². The molecular weight excluding hydrogens is 253 g/mol. The number of hydrogen-bond acceptors (Lipinski definition) is 4. The van der Waals surface area contributed by atoms with Gasteiger partial charge in [0.1, 0.15) is 5.75 Å². The van der Waals surface area contributed by atoms with Gasteiger partial charge in [-0.25, -0.2) is 0 Å². The molecule has 0 saturated heterocycles. The number of rotatable bonds is 6. The summed E-state index contributed by atoms with van der Waals surface area (Å²) < 4.78 is 34.6. The molecule has 5 nitrogen and oxygen atoms in total. The molecule has 1 rings (SSSR count). The third-order valence-corrected chi connectivity index (χ3v) is 2.73. The van der Waals surface area contributed by atoms with E-state index in [-0.39, 0.29) is 36.7 Å². The maximum atomic E-state index is 10.4. The molecule has 0 aromatic heterocycles. The van der Waals surface area contributed by atoms with Crippen LogP contribution in [0.25, 0.3) is 0 Å². The second kappa shape index (κ2) is 7.94. The van der Waals surface area contributed by atoms with E-state index in [2.05, 4.69) is 0 Å². The summed E-state index contributed by atoms with van der Waals surface area (Å²) in [5, 5.41) is 0. The van der Waals surface area contributed by atoms with Crippen LogP contribution in [0, 0.1) is 0 Å². The Balaban J connectivity index is 0. The van der Waals surface area contributed by atoms with Crippen molar-refractivity contribution < 1.29 is 48.7 Å².